The van der Waals surface area contributed by atoms with Crippen LogP contribution in [0, 0.1) is 0 Å². The Morgan fingerprint density at radius 2 is 1.90 bits per heavy atom. The topological polar surface area (TPSA) is 56.7 Å². The SMILES string of the molecule is Nc1cn(-c2ccc(C(F)(F)F)cn2)nc1C1CCCC1. The van der Waals surface area contributed by atoms with E-state index in [1.54, 1.807) is 6.20 Å². The van der Waals surface area contributed by atoms with E-state index in [1.165, 1.54) is 10.7 Å². The lowest BCUT2D eigenvalue weighted by molar-refractivity contribution is -0.137. The number of nitrogens with two attached hydrogens (primary N) is 1. The van der Waals surface area contributed by atoms with Crippen LogP contribution >= 0.6 is 0 Å². The van der Waals surface area contributed by atoms with Gasteiger partial charge in [-0.25, -0.2) is 9.67 Å². The molecule has 0 amide bonds. The molecule has 0 aromatic carbocycles. The number of nitrogen functional groups attached to an aromatic ring is 1. The van der Waals surface area contributed by atoms with Gasteiger partial charge in [-0.2, -0.15) is 18.3 Å². The van der Waals surface area contributed by atoms with Gasteiger partial charge in [0, 0.05) is 12.1 Å². The second kappa shape index (κ2) is 5.05. The first kappa shape index (κ1) is 13.9. The standard InChI is InChI=1S/C14H15F3N4/c15-14(16,17)10-5-6-12(19-7-10)21-8-11(18)13(20-21)9-3-1-2-4-9/h5-9H,1-4,18H2. The molecule has 21 heavy (non-hydrogen) atoms. The zero-order valence-corrected chi connectivity index (χ0v) is 11.3. The Bertz CT molecular complexity index is 625. The van der Waals surface area contributed by atoms with Crippen molar-refractivity contribution < 1.29 is 13.2 Å². The zero-order valence-electron chi connectivity index (χ0n) is 11.3. The third-order valence-electron chi connectivity index (χ3n) is 3.82. The molecule has 7 heteroatoms. The van der Waals surface area contributed by atoms with Crippen molar-refractivity contribution in [2.75, 3.05) is 5.73 Å². The minimum absolute atomic E-state index is 0.332. The third-order valence-corrected chi connectivity index (χ3v) is 3.82. The highest BCUT2D eigenvalue weighted by atomic mass is 19.4. The molecule has 0 aliphatic heterocycles. The second-order valence-electron chi connectivity index (χ2n) is 5.30. The Morgan fingerprint density at radius 3 is 2.48 bits per heavy atom. The van der Waals surface area contributed by atoms with Crippen molar-refractivity contribution in [1.82, 2.24) is 14.8 Å². The van der Waals surface area contributed by atoms with Gasteiger partial charge < -0.3 is 5.73 Å². The molecule has 0 radical (unpaired) electrons. The molecule has 3 rings (SSSR count). The molecule has 112 valence electrons. The molecule has 2 N–H and O–H groups in total. The number of anilines is 1. The summed E-state index contributed by atoms with van der Waals surface area (Å²) in [6.07, 6.45) is 2.48. The number of hydrogen-bond acceptors (Lipinski definition) is 3. The summed E-state index contributed by atoms with van der Waals surface area (Å²) < 4.78 is 39.0. The average Bonchev–Trinajstić information content (AvgIpc) is 3.07. The first-order chi connectivity index (χ1) is 9.95. The summed E-state index contributed by atoms with van der Waals surface area (Å²) in [4.78, 5) is 3.82. The Balaban J connectivity index is 1.88. The van der Waals surface area contributed by atoms with E-state index in [0.29, 0.717) is 17.4 Å². The van der Waals surface area contributed by atoms with Crippen molar-refractivity contribution in [3.8, 4) is 5.82 Å². The van der Waals surface area contributed by atoms with E-state index in [1.807, 2.05) is 0 Å². The van der Waals surface area contributed by atoms with Crippen LogP contribution in [0.5, 0.6) is 0 Å². The van der Waals surface area contributed by atoms with Gasteiger partial charge in [-0.15, -0.1) is 0 Å². The first-order valence-electron chi connectivity index (χ1n) is 6.84. The van der Waals surface area contributed by atoms with Crippen LogP contribution in [0.25, 0.3) is 5.82 Å². The van der Waals surface area contributed by atoms with Crippen molar-refractivity contribution in [3.63, 3.8) is 0 Å². The highest BCUT2D eigenvalue weighted by Gasteiger charge is 2.30. The van der Waals surface area contributed by atoms with E-state index in [0.717, 1.165) is 43.6 Å². The molecule has 1 aliphatic carbocycles. The summed E-state index contributed by atoms with van der Waals surface area (Å²) in [5.41, 5.74) is 6.59. The number of halogens is 3. The van der Waals surface area contributed by atoms with Gasteiger partial charge in [0.15, 0.2) is 5.82 Å². The fraction of sp³-hybridized carbons (Fsp3) is 0.429. The van der Waals surface area contributed by atoms with Gasteiger partial charge in [-0.3, -0.25) is 0 Å². The Kier molecular flexibility index (Phi) is 3.35. The van der Waals surface area contributed by atoms with Crippen molar-refractivity contribution in [2.45, 2.75) is 37.8 Å². The first-order valence-corrected chi connectivity index (χ1v) is 6.84. The number of nitrogens with zero attached hydrogens (tertiary/aromatic N) is 3. The van der Waals surface area contributed by atoms with Crippen molar-refractivity contribution in [1.29, 1.82) is 0 Å². The predicted octanol–water partition coefficient (Wildman–Crippen LogP) is 3.53. The molecule has 0 bridgehead atoms. The van der Waals surface area contributed by atoms with Gasteiger partial charge in [0.25, 0.3) is 0 Å². The van der Waals surface area contributed by atoms with Gasteiger partial charge in [0.2, 0.25) is 0 Å². The van der Waals surface area contributed by atoms with Crippen LogP contribution in [0.15, 0.2) is 24.5 Å². The molecule has 1 aliphatic rings. The fourth-order valence-corrected chi connectivity index (χ4v) is 2.72. The molecule has 0 unspecified atom stereocenters. The van der Waals surface area contributed by atoms with Crippen molar-refractivity contribution >= 4 is 5.69 Å². The molecule has 0 spiro atoms. The van der Waals surface area contributed by atoms with E-state index in [2.05, 4.69) is 10.1 Å². The molecule has 2 aromatic heterocycles. The van der Waals surface area contributed by atoms with Crippen LogP contribution in [0.2, 0.25) is 0 Å². The summed E-state index contributed by atoms with van der Waals surface area (Å²) in [6.45, 7) is 0. The maximum absolute atomic E-state index is 12.5. The third kappa shape index (κ3) is 2.72. The minimum atomic E-state index is -4.39. The van der Waals surface area contributed by atoms with E-state index >= 15 is 0 Å². The van der Waals surface area contributed by atoms with Crippen LogP contribution in [0.4, 0.5) is 18.9 Å². The Labute approximate surface area is 119 Å². The quantitative estimate of drug-likeness (QED) is 0.922. The summed E-state index contributed by atoms with van der Waals surface area (Å²) in [6, 6.07) is 2.29. The normalized spacial score (nSPS) is 16.5. The molecule has 4 nitrogen and oxygen atoms in total. The summed E-state index contributed by atoms with van der Waals surface area (Å²) in [5, 5.41) is 4.40. The maximum Gasteiger partial charge on any atom is 0.417 e. The van der Waals surface area contributed by atoms with Crippen LogP contribution < -0.4 is 5.73 Å². The van der Waals surface area contributed by atoms with E-state index in [4.69, 9.17) is 5.73 Å². The predicted molar refractivity (Wildman–Crippen MR) is 72.0 cm³/mol. The largest absolute Gasteiger partial charge is 0.417 e. The van der Waals surface area contributed by atoms with Gasteiger partial charge in [-0.05, 0) is 25.0 Å². The molecule has 1 saturated carbocycles. The summed E-state index contributed by atoms with van der Waals surface area (Å²) in [5.74, 6) is 0.680. The van der Waals surface area contributed by atoms with E-state index in [-0.39, 0.29) is 0 Å². The van der Waals surface area contributed by atoms with Crippen LogP contribution in [0.1, 0.15) is 42.9 Å². The molecule has 2 aromatic rings. The maximum atomic E-state index is 12.5. The van der Waals surface area contributed by atoms with Gasteiger partial charge in [-0.1, -0.05) is 12.8 Å². The summed E-state index contributed by atoms with van der Waals surface area (Å²) >= 11 is 0. The smallest absolute Gasteiger partial charge is 0.396 e. The number of alkyl halides is 3. The van der Waals surface area contributed by atoms with Gasteiger partial charge >= 0.3 is 6.18 Å². The Morgan fingerprint density at radius 1 is 1.19 bits per heavy atom. The zero-order chi connectivity index (χ0) is 15.0. The lowest BCUT2D eigenvalue weighted by Gasteiger charge is -2.07. The summed E-state index contributed by atoms with van der Waals surface area (Å²) in [7, 11) is 0. The fourth-order valence-electron chi connectivity index (χ4n) is 2.72. The number of rotatable bonds is 2. The van der Waals surface area contributed by atoms with Crippen LogP contribution in [-0.2, 0) is 6.18 Å². The molecule has 0 saturated heterocycles. The number of hydrogen-bond donors (Lipinski definition) is 1. The van der Waals surface area contributed by atoms with Crippen molar-refractivity contribution in [2.24, 2.45) is 0 Å². The lowest BCUT2D eigenvalue weighted by Crippen LogP contribution is -2.07. The molecule has 0 atom stereocenters. The monoisotopic (exact) mass is 296 g/mol. The van der Waals surface area contributed by atoms with Gasteiger partial charge in [0.05, 0.1) is 23.1 Å². The molecule has 2 heterocycles. The average molecular weight is 296 g/mol. The van der Waals surface area contributed by atoms with E-state index < -0.39 is 11.7 Å². The lowest BCUT2D eigenvalue weighted by atomic mass is 10.0. The molecule has 1 fully saturated rings. The highest BCUT2D eigenvalue weighted by molar-refractivity contribution is 5.45. The number of aromatic nitrogens is 3. The minimum Gasteiger partial charge on any atom is -0.396 e. The Hall–Kier alpha value is -2.05. The molecular formula is C14H15F3N4. The van der Waals surface area contributed by atoms with E-state index in [9.17, 15) is 13.2 Å². The van der Waals surface area contributed by atoms with Crippen molar-refractivity contribution in [3.05, 3.63) is 35.8 Å². The van der Waals surface area contributed by atoms with Crippen LogP contribution in [-0.4, -0.2) is 14.8 Å². The van der Waals surface area contributed by atoms with Gasteiger partial charge in [0.1, 0.15) is 0 Å². The van der Waals surface area contributed by atoms with Crippen LogP contribution in [0.3, 0.4) is 0 Å². The second-order valence-corrected chi connectivity index (χ2v) is 5.30. The highest BCUT2D eigenvalue weighted by Crippen LogP contribution is 2.36. The number of pyridine rings is 1. The molecular weight excluding hydrogens is 281 g/mol.